The van der Waals surface area contributed by atoms with Crippen LogP contribution in [0.5, 0.6) is 5.75 Å². The van der Waals surface area contributed by atoms with Crippen LogP contribution in [0.25, 0.3) is 0 Å². The quantitative estimate of drug-likeness (QED) is 0.360. The fourth-order valence-electron chi connectivity index (χ4n) is 3.76. The molecule has 2 atom stereocenters. The number of hydrogen-bond acceptors (Lipinski definition) is 12. The summed E-state index contributed by atoms with van der Waals surface area (Å²) in [7, 11) is 0. The van der Waals surface area contributed by atoms with E-state index in [1.54, 1.807) is 0 Å². The molecule has 0 bridgehead atoms. The van der Waals surface area contributed by atoms with Gasteiger partial charge in [-0.2, -0.15) is 5.26 Å². The number of hydrogen-bond donors (Lipinski definition) is 0. The van der Waals surface area contributed by atoms with Crippen molar-refractivity contribution in [1.29, 1.82) is 5.26 Å². The maximum absolute atomic E-state index is 13.1. The first-order chi connectivity index (χ1) is 16.4. The van der Waals surface area contributed by atoms with E-state index < -0.39 is 51.8 Å². The van der Waals surface area contributed by atoms with E-state index >= 15 is 0 Å². The second-order valence-electron chi connectivity index (χ2n) is 7.83. The van der Waals surface area contributed by atoms with Gasteiger partial charge < -0.3 is 23.8 Å². The molecular formula is C19H17N5O11. The van der Waals surface area contributed by atoms with Crippen LogP contribution < -0.4 is 10.3 Å². The smallest absolute Gasteiger partial charge is 0.295 e. The van der Waals surface area contributed by atoms with Gasteiger partial charge in [-0.05, 0) is 43.2 Å². The van der Waals surface area contributed by atoms with E-state index in [1.807, 2.05) is 6.07 Å². The van der Waals surface area contributed by atoms with Crippen LogP contribution in [0.4, 0.5) is 0 Å². The van der Waals surface area contributed by atoms with Crippen molar-refractivity contribution in [1.82, 2.24) is 4.57 Å². The molecule has 0 radical (unpaired) electrons. The fraction of sp³-hybridized carbons (Fsp3) is 0.368. The molecule has 1 aliphatic rings. The van der Waals surface area contributed by atoms with Crippen molar-refractivity contribution in [3.05, 3.63) is 93.4 Å². The van der Waals surface area contributed by atoms with E-state index in [0.29, 0.717) is 0 Å². The van der Waals surface area contributed by atoms with Crippen molar-refractivity contribution in [3.8, 4) is 11.8 Å². The molecule has 0 fully saturated rings. The summed E-state index contributed by atoms with van der Waals surface area (Å²) in [6, 6.07) is 5.91. The molecule has 3 rings (SSSR count). The van der Waals surface area contributed by atoms with E-state index in [2.05, 4.69) is 9.68 Å². The Hall–Kier alpha value is -4.94. The molecule has 1 aliphatic heterocycles. The molecule has 0 saturated heterocycles. The van der Waals surface area contributed by atoms with E-state index in [1.165, 1.54) is 32.0 Å². The third-order valence-corrected chi connectivity index (χ3v) is 5.21. The summed E-state index contributed by atoms with van der Waals surface area (Å²) < 4.78 is 6.87. The van der Waals surface area contributed by atoms with E-state index in [9.17, 15) is 40.4 Å². The van der Waals surface area contributed by atoms with Gasteiger partial charge in [-0.25, -0.2) is 0 Å². The van der Waals surface area contributed by atoms with Gasteiger partial charge in [0.15, 0.2) is 6.10 Å². The molecule has 0 aliphatic carbocycles. The zero-order valence-corrected chi connectivity index (χ0v) is 18.2. The van der Waals surface area contributed by atoms with Gasteiger partial charge >= 0.3 is 0 Å². The van der Waals surface area contributed by atoms with Gasteiger partial charge in [0, 0.05) is 17.8 Å². The molecule has 0 saturated carbocycles. The third-order valence-electron chi connectivity index (χ3n) is 5.21. The molecule has 16 heteroatoms. The summed E-state index contributed by atoms with van der Waals surface area (Å²) in [5, 5.41) is 38.7. The molecule has 1 aromatic heterocycles. The first kappa shape index (κ1) is 24.7. The van der Waals surface area contributed by atoms with Crippen molar-refractivity contribution in [2.45, 2.75) is 44.8 Å². The zero-order chi connectivity index (χ0) is 25.9. The van der Waals surface area contributed by atoms with Crippen molar-refractivity contribution < 1.29 is 34.5 Å². The van der Waals surface area contributed by atoms with Crippen LogP contribution in [0.1, 0.15) is 42.1 Å². The Kier molecular flexibility index (Phi) is 6.71. The van der Waals surface area contributed by atoms with Gasteiger partial charge in [0.2, 0.25) is 0 Å². The highest BCUT2D eigenvalue weighted by Crippen LogP contribution is 2.43. The predicted molar refractivity (Wildman–Crippen MR) is 110 cm³/mol. The fourth-order valence-corrected chi connectivity index (χ4v) is 3.76. The number of fused-ring (bicyclic) bond motifs is 1. The third kappa shape index (κ3) is 5.35. The molecule has 0 N–H and O–H groups in total. The number of nitriles is 1. The maximum Gasteiger partial charge on any atom is 0.295 e. The number of aromatic nitrogens is 1. The Balaban J connectivity index is 2.25. The normalized spacial score (nSPS) is 17.7. The molecule has 1 aromatic carbocycles. The molecule has 184 valence electrons. The van der Waals surface area contributed by atoms with Gasteiger partial charge in [-0.1, -0.05) is 0 Å². The Morgan fingerprint density at radius 2 is 1.69 bits per heavy atom. The second kappa shape index (κ2) is 9.51. The SMILES string of the molecule is CC1(C)Oc2ccc(C#N)cc2[C@@H](n2cc(CO[N+](=O)[O-])c(CO[N+](=O)[O-])cc2=O)[C@@H]1O[N+](=O)[O-]. The molecule has 0 spiro atoms. The van der Waals surface area contributed by atoms with Crippen LogP contribution in [0.3, 0.4) is 0 Å². The van der Waals surface area contributed by atoms with Gasteiger partial charge in [-0.3, -0.25) is 4.79 Å². The highest BCUT2D eigenvalue weighted by atomic mass is 17.0. The van der Waals surface area contributed by atoms with E-state index in [0.717, 1.165) is 16.8 Å². The van der Waals surface area contributed by atoms with Gasteiger partial charge in [-0.15, -0.1) is 30.3 Å². The molecule has 35 heavy (non-hydrogen) atoms. The number of rotatable bonds is 9. The summed E-state index contributed by atoms with van der Waals surface area (Å²) in [6.07, 6.45) is -0.308. The van der Waals surface area contributed by atoms with Crippen LogP contribution >= 0.6 is 0 Å². The monoisotopic (exact) mass is 491 g/mol. The minimum Gasteiger partial charge on any atom is -0.485 e. The van der Waals surface area contributed by atoms with Crippen molar-refractivity contribution in [2.24, 2.45) is 0 Å². The van der Waals surface area contributed by atoms with Crippen LogP contribution in [0.2, 0.25) is 0 Å². The average molecular weight is 491 g/mol. The molecule has 0 unspecified atom stereocenters. The zero-order valence-electron chi connectivity index (χ0n) is 18.2. The molecule has 16 nitrogen and oxygen atoms in total. The minimum absolute atomic E-state index is 0.0368. The molecule has 2 aromatic rings. The lowest BCUT2D eigenvalue weighted by Crippen LogP contribution is -2.54. The molecule has 2 heterocycles. The number of ether oxygens (including phenoxy) is 1. The first-order valence-corrected chi connectivity index (χ1v) is 9.75. The van der Waals surface area contributed by atoms with Crippen molar-refractivity contribution in [3.63, 3.8) is 0 Å². The summed E-state index contributed by atoms with van der Waals surface area (Å²) in [6.45, 7) is 1.58. The van der Waals surface area contributed by atoms with Crippen LogP contribution in [-0.2, 0) is 27.7 Å². The van der Waals surface area contributed by atoms with Crippen LogP contribution in [-0.4, -0.2) is 31.5 Å². The predicted octanol–water partition coefficient (Wildman–Crippen LogP) is 1.47. The number of nitrogens with zero attached hydrogens (tertiary/aromatic N) is 5. The summed E-state index contributed by atoms with van der Waals surface area (Å²) in [5.74, 6) is 0.220. The van der Waals surface area contributed by atoms with Gasteiger partial charge in [0.05, 0.1) is 17.7 Å². The van der Waals surface area contributed by atoms with Crippen molar-refractivity contribution in [2.75, 3.05) is 0 Å². The lowest BCUT2D eigenvalue weighted by Gasteiger charge is -2.43. The van der Waals surface area contributed by atoms with E-state index in [-0.39, 0.29) is 28.0 Å². The highest BCUT2D eigenvalue weighted by Gasteiger charge is 2.48. The number of pyridine rings is 1. The Labute approximate surface area is 195 Å². The summed E-state index contributed by atoms with van der Waals surface area (Å²) in [5.41, 5.74) is -1.89. The van der Waals surface area contributed by atoms with E-state index in [4.69, 9.17) is 9.57 Å². The minimum atomic E-state index is -1.41. The number of benzene rings is 1. The lowest BCUT2D eigenvalue weighted by atomic mass is 9.85. The Morgan fingerprint density at radius 1 is 1.06 bits per heavy atom. The van der Waals surface area contributed by atoms with Crippen molar-refractivity contribution >= 4 is 0 Å². The van der Waals surface area contributed by atoms with Gasteiger partial charge in [0.25, 0.3) is 20.8 Å². The lowest BCUT2D eigenvalue weighted by molar-refractivity contribution is -0.773. The Morgan fingerprint density at radius 3 is 2.26 bits per heavy atom. The molecule has 0 amide bonds. The highest BCUT2D eigenvalue weighted by molar-refractivity contribution is 5.47. The Bertz CT molecular complexity index is 1280. The second-order valence-corrected chi connectivity index (χ2v) is 7.83. The maximum atomic E-state index is 13.1. The summed E-state index contributed by atoms with van der Waals surface area (Å²) in [4.78, 5) is 59.3. The average Bonchev–Trinajstić information content (AvgIpc) is 2.77. The van der Waals surface area contributed by atoms with Crippen LogP contribution in [0.15, 0.2) is 35.3 Å². The first-order valence-electron chi connectivity index (χ1n) is 9.75. The topological polar surface area (TPSA) is 212 Å². The molecular weight excluding hydrogens is 474 g/mol. The van der Waals surface area contributed by atoms with Crippen LogP contribution in [0, 0.1) is 41.7 Å². The standard InChI is InChI=1S/C19H17N5O11/c1-19(2)18(35-24(30)31)17(14-5-11(7-20)3-4-15(14)34-19)21-8-13(10-33-23(28)29)12(6-16(21)25)9-32-22(26)27/h3-6,8,17-18H,9-10H2,1-2H3/t17-,18+/m1/s1. The summed E-state index contributed by atoms with van der Waals surface area (Å²) >= 11 is 0. The van der Waals surface area contributed by atoms with Gasteiger partial charge in [0.1, 0.15) is 24.6 Å². The largest absolute Gasteiger partial charge is 0.485 e.